The molecule has 2 aromatic carbocycles. The minimum Gasteiger partial charge on any atom is -0.488 e. The Kier molecular flexibility index (Phi) is 5.57. The molecule has 3 aromatic heterocycles. The average Bonchev–Trinajstić information content (AvgIpc) is 3.51. The van der Waals surface area contributed by atoms with E-state index in [4.69, 9.17) is 9.15 Å². The number of rotatable bonds is 7. The van der Waals surface area contributed by atoms with Gasteiger partial charge in [0.25, 0.3) is 5.91 Å². The van der Waals surface area contributed by atoms with Crippen LogP contribution < -0.4 is 10.1 Å². The molecule has 0 bridgehead atoms. The number of carbonyl (C=O) groups is 1. The van der Waals surface area contributed by atoms with E-state index in [1.54, 1.807) is 36.6 Å². The molecule has 5 rings (SSSR count). The maximum atomic E-state index is 13.2. The molecule has 0 aliphatic carbocycles. The second-order valence-corrected chi connectivity index (χ2v) is 8.99. The average molecular weight is 463 g/mol. The highest BCUT2D eigenvalue weighted by Gasteiger charge is 2.23. The van der Waals surface area contributed by atoms with Gasteiger partial charge in [-0.05, 0) is 44.2 Å². The molecule has 0 aliphatic heterocycles. The van der Waals surface area contributed by atoms with Gasteiger partial charge in [-0.25, -0.2) is 9.97 Å². The van der Waals surface area contributed by atoms with Gasteiger partial charge in [0.1, 0.15) is 35.6 Å². The Morgan fingerprint density at radius 1 is 1.27 bits per heavy atom. The van der Waals surface area contributed by atoms with Crippen molar-refractivity contribution >= 4 is 39.2 Å². The molecule has 1 atom stereocenters. The van der Waals surface area contributed by atoms with Crippen LogP contribution in [0.5, 0.6) is 5.75 Å². The number of aromatic nitrogens is 3. The van der Waals surface area contributed by atoms with Crippen molar-refractivity contribution in [2.24, 2.45) is 0 Å². The Labute approximate surface area is 193 Å². The zero-order chi connectivity index (χ0) is 22.9. The summed E-state index contributed by atoms with van der Waals surface area (Å²) in [5, 5.41) is 14.4. The van der Waals surface area contributed by atoms with Gasteiger partial charge in [0.15, 0.2) is 0 Å². The molecule has 9 heteroatoms. The van der Waals surface area contributed by atoms with Gasteiger partial charge < -0.3 is 24.6 Å². The van der Waals surface area contributed by atoms with Crippen LogP contribution >= 0.6 is 11.3 Å². The lowest BCUT2D eigenvalue weighted by Gasteiger charge is -2.14. The number of aromatic amines is 1. The third kappa shape index (κ3) is 4.20. The maximum Gasteiger partial charge on any atom is 0.256 e. The van der Waals surface area contributed by atoms with Gasteiger partial charge in [-0.1, -0.05) is 12.1 Å². The number of amides is 1. The van der Waals surface area contributed by atoms with E-state index in [1.807, 2.05) is 37.3 Å². The molecule has 0 fully saturated rings. The van der Waals surface area contributed by atoms with Gasteiger partial charge in [0.2, 0.25) is 0 Å². The fourth-order valence-electron chi connectivity index (χ4n) is 3.77. The van der Waals surface area contributed by atoms with E-state index in [-0.39, 0.29) is 12.5 Å². The highest BCUT2D eigenvalue weighted by Crippen LogP contribution is 2.30. The minimum absolute atomic E-state index is 0.303. The maximum absolute atomic E-state index is 13.2. The first-order valence-electron chi connectivity index (χ1n) is 10.5. The molecule has 5 aromatic rings. The summed E-state index contributed by atoms with van der Waals surface area (Å²) in [6.45, 7) is 3.78. The number of ether oxygens (including phenoxy) is 1. The van der Waals surface area contributed by atoms with E-state index in [0.29, 0.717) is 40.5 Å². The number of aryl methyl sites for hydroxylation is 2. The summed E-state index contributed by atoms with van der Waals surface area (Å²) in [4.78, 5) is 26.1. The monoisotopic (exact) mass is 462 g/mol. The molecule has 168 valence electrons. The van der Waals surface area contributed by atoms with Crippen LogP contribution in [0.1, 0.15) is 37.9 Å². The highest BCUT2D eigenvalue weighted by atomic mass is 32.1. The third-order valence-corrected chi connectivity index (χ3v) is 6.22. The Bertz CT molecular complexity index is 1420. The van der Waals surface area contributed by atoms with Crippen molar-refractivity contribution in [3.8, 4) is 5.75 Å². The molecule has 0 saturated carbocycles. The third-order valence-electron chi connectivity index (χ3n) is 5.34. The largest absolute Gasteiger partial charge is 0.488 e. The molecule has 8 nitrogen and oxygen atoms in total. The van der Waals surface area contributed by atoms with Crippen LogP contribution in [0, 0.1) is 13.8 Å². The SMILES string of the molecule is Cc1ncc(COc2ccc3oc(C)c(C(=O)N[C@H](CO)c4nc5ccccc5[nH]4)c3c2)s1. The first-order valence-corrected chi connectivity index (χ1v) is 11.3. The Hall–Kier alpha value is -3.69. The lowest BCUT2D eigenvalue weighted by atomic mass is 10.1. The minimum atomic E-state index is -0.691. The summed E-state index contributed by atoms with van der Waals surface area (Å²) in [7, 11) is 0. The standard InChI is InChI=1S/C24H22N4O4S/c1-13-22(24(30)28-20(11-29)23-26-18-5-3-4-6-19(18)27-23)17-9-15(7-8-21(17)32-13)31-12-16-10-25-14(2)33-16/h3-10,20,29H,11-12H2,1-2H3,(H,26,27)(H,28,30)/t20-/m1/s1. The van der Waals surface area contributed by atoms with Gasteiger partial charge in [0.05, 0.1) is 33.1 Å². The van der Waals surface area contributed by atoms with E-state index in [1.165, 1.54) is 0 Å². The lowest BCUT2D eigenvalue weighted by Crippen LogP contribution is -2.31. The first kappa shape index (κ1) is 21.2. The van der Waals surface area contributed by atoms with Crippen molar-refractivity contribution < 1.29 is 19.1 Å². The van der Waals surface area contributed by atoms with Crippen molar-refractivity contribution in [2.45, 2.75) is 26.5 Å². The Balaban J connectivity index is 1.40. The highest BCUT2D eigenvalue weighted by molar-refractivity contribution is 7.11. The van der Waals surface area contributed by atoms with Crippen LogP contribution in [-0.2, 0) is 6.61 Å². The van der Waals surface area contributed by atoms with Gasteiger partial charge in [-0.15, -0.1) is 11.3 Å². The van der Waals surface area contributed by atoms with E-state index in [0.717, 1.165) is 20.9 Å². The second kappa shape index (κ2) is 8.68. The molecule has 3 N–H and O–H groups in total. The summed E-state index contributed by atoms with van der Waals surface area (Å²) in [6, 6.07) is 12.2. The first-order chi connectivity index (χ1) is 16.0. The lowest BCUT2D eigenvalue weighted by molar-refractivity contribution is 0.0913. The molecule has 1 amide bonds. The fourth-order valence-corrected chi connectivity index (χ4v) is 4.47. The van der Waals surface area contributed by atoms with Gasteiger partial charge in [0, 0.05) is 11.6 Å². The van der Waals surface area contributed by atoms with Crippen LogP contribution in [0.2, 0.25) is 0 Å². The van der Waals surface area contributed by atoms with Gasteiger partial charge in [-0.3, -0.25) is 4.79 Å². The zero-order valence-corrected chi connectivity index (χ0v) is 18.9. The smallest absolute Gasteiger partial charge is 0.256 e. The number of imidazole rings is 1. The number of benzene rings is 2. The number of aliphatic hydroxyl groups is 1. The van der Waals surface area contributed by atoms with Crippen LogP contribution in [0.25, 0.3) is 22.0 Å². The van der Waals surface area contributed by atoms with E-state index < -0.39 is 6.04 Å². The summed E-state index contributed by atoms with van der Waals surface area (Å²) in [6.07, 6.45) is 1.80. The summed E-state index contributed by atoms with van der Waals surface area (Å²) in [5.41, 5.74) is 2.59. The molecule has 0 aliphatic rings. The van der Waals surface area contributed by atoms with E-state index in [9.17, 15) is 9.90 Å². The number of nitrogens with zero attached hydrogens (tertiary/aromatic N) is 2. The van der Waals surface area contributed by atoms with Crippen molar-refractivity contribution in [1.82, 2.24) is 20.3 Å². The molecule has 0 saturated heterocycles. The summed E-state index contributed by atoms with van der Waals surface area (Å²) in [5.74, 6) is 1.24. The molecule has 0 spiro atoms. The number of hydrogen-bond donors (Lipinski definition) is 3. The second-order valence-electron chi connectivity index (χ2n) is 7.67. The summed E-state index contributed by atoms with van der Waals surface area (Å²) < 4.78 is 11.7. The van der Waals surface area contributed by atoms with E-state index >= 15 is 0 Å². The van der Waals surface area contributed by atoms with Crippen molar-refractivity contribution in [3.05, 3.63) is 75.7 Å². The molecular weight excluding hydrogens is 440 g/mol. The number of aliphatic hydroxyl groups excluding tert-OH is 1. The normalized spacial score (nSPS) is 12.3. The van der Waals surface area contributed by atoms with Crippen molar-refractivity contribution in [1.29, 1.82) is 0 Å². The van der Waals surface area contributed by atoms with Gasteiger partial charge >= 0.3 is 0 Å². The predicted octanol–water partition coefficient (Wildman–Crippen LogP) is 4.42. The molecule has 3 heterocycles. The number of thiazole rings is 1. The Morgan fingerprint density at radius 3 is 2.88 bits per heavy atom. The van der Waals surface area contributed by atoms with Crippen molar-refractivity contribution in [2.75, 3.05) is 6.61 Å². The van der Waals surface area contributed by atoms with Crippen LogP contribution in [0.15, 0.2) is 53.1 Å². The Morgan fingerprint density at radius 2 is 2.12 bits per heavy atom. The number of furan rings is 1. The van der Waals surface area contributed by atoms with Crippen LogP contribution in [0.3, 0.4) is 0 Å². The number of fused-ring (bicyclic) bond motifs is 2. The van der Waals surface area contributed by atoms with Crippen molar-refractivity contribution in [3.63, 3.8) is 0 Å². The molecule has 0 unspecified atom stereocenters. The fraction of sp³-hybridized carbons (Fsp3) is 0.208. The topological polar surface area (TPSA) is 113 Å². The number of nitrogens with one attached hydrogen (secondary N) is 2. The van der Waals surface area contributed by atoms with Crippen LogP contribution in [-0.4, -0.2) is 32.6 Å². The molecule has 33 heavy (non-hydrogen) atoms. The van der Waals surface area contributed by atoms with Gasteiger partial charge in [-0.2, -0.15) is 0 Å². The molecular formula is C24H22N4O4S. The number of H-pyrrole nitrogens is 1. The number of hydrogen-bond acceptors (Lipinski definition) is 7. The molecule has 0 radical (unpaired) electrons. The van der Waals surface area contributed by atoms with E-state index in [2.05, 4.69) is 20.3 Å². The quantitative estimate of drug-likeness (QED) is 0.330. The zero-order valence-electron chi connectivity index (χ0n) is 18.1. The number of carbonyl (C=O) groups excluding carboxylic acids is 1. The summed E-state index contributed by atoms with van der Waals surface area (Å²) >= 11 is 1.58. The number of para-hydroxylation sites is 2. The predicted molar refractivity (Wildman–Crippen MR) is 126 cm³/mol. The van der Waals surface area contributed by atoms with Crippen LogP contribution in [0.4, 0.5) is 0 Å².